The second-order valence-electron chi connectivity index (χ2n) is 9.20. The van der Waals surface area contributed by atoms with E-state index in [1.165, 1.54) is 103 Å². The van der Waals surface area contributed by atoms with Gasteiger partial charge in [-0.25, -0.2) is 8.78 Å². The number of rotatable bonds is 18. The molecule has 1 atom stereocenters. The first-order chi connectivity index (χ1) is 15.1. The van der Waals surface area contributed by atoms with E-state index < -0.39 is 11.6 Å². The zero-order valence-corrected chi connectivity index (χ0v) is 19.9. The summed E-state index contributed by atoms with van der Waals surface area (Å²) < 4.78 is 27.0. The first-order valence-electron chi connectivity index (χ1n) is 12.8. The maximum absolute atomic E-state index is 13.5. The summed E-state index contributed by atoms with van der Waals surface area (Å²) >= 11 is 0. The van der Waals surface area contributed by atoms with Gasteiger partial charge < -0.3 is 0 Å². The predicted molar refractivity (Wildman–Crippen MR) is 126 cm³/mol. The Morgan fingerprint density at radius 2 is 1.03 bits per heavy atom. The topological polar surface area (TPSA) is 30.7 Å². The van der Waals surface area contributed by atoms with Gasteiger partial charge in [0, 0.05) is 12.1 Å². The molecular weight excluding hydrogens is 392 g/mol. The van der Waals surface area contributed by atoms with Crippen LogP contribution in [0.2, 0.25) is 0 Å². The van der Waals surface area contributed by atoms with Crippen LogP contribution in [-0.2, 0) is 6.54 Å². The number of hydrogen-bond acceptors (Lipinski definition) is 2. The molecule has 1 aromatic carbocycles. The fourth-order valence-corrected chi connectivity index (χ4v) is 4.38. The van der Waals surface area contributed by atoms with E-state index in [9.17, 15) is 8.78 Å². The van der Waals surface area contributed by atoms with Crippen LogP contribution in [0.4, 0.5) is 8.78 Å². The van der Waals surface area contributed by atoms with Crippen molar-refractivity contribution in [3.8, 4) is 0 Å². The predicted octanol–water partition coefficient (Wildman–Crippen LogP) is 8.61. The Bertz CT molecular complexity index is 690. The Morgan fingerprint density at radius 3 is 1.45 bits per heavy atom. The summed E-state index contributed by atoms with van der Waals surface area (Å²) in [6.07, 6.45) is 20.8. The van der Waals surface area contributed by atoms with Gasteiger partial charge in [-0.2, -0.15) is 15.0 Å². The molecule has 0 radical (unpaired) electrons. The summed E-state index contributed by atoms with van der Waals surface area (Å²) in [5.74, 6) is -1.19. The van der Waals surface area contributed by atoms with Crippen molar-refractivity contribution in [3.05, 3.63) is 23.8 Å². The number of halogens is 2. The van der Waals surface area contributed by atoms with Gasteiger partial charge in [0.25, 0.3) is 0 Å². The molecule has 0 spiro atoms. The van der Waals surface area contributed by atoms with Gasteiger partial charge in [-0.3, -0.25) is 0 Å². The van der Waals surface area contributed by atoms with Gasteiger partial charge in [0.05, 0.1) is 6.54 Å². The minimum atomic E-state index is -0.859. The molecular formula is C26H43F2N3. The minimum absolute atomic E-state index is 0.435. The van der Waals surface area contributed by atoms with Gasteiger partial charge in [0.1, 0.15) is 11.0 Å². The molecule has 31 heavy (non-hydrogen) atoms. The molecule has 0 saturated carbocycles. The average molecular weight is 436 g/mol. The standard InChI is InChI=1S/C26H43F2N3/c1-3-5-7-9-11-12-14-16-18-22(17-15-13-10-8-6-4-2)21-31-29-25-19-23(27)24(28)20-26(25)30-31/h19-20,22H,3-18,21H2,1-2H3. The molecule has 0 fully saturated rings. The molecule has 2 aromatic rings. The van der Waals surface area contributed by atoms with Crippen molar-refractivity contribution >= 4 is 11.0 Å². The molecule has 0 N–H and O–H groups in total. The van der Waals surface area contributed by atoms with Crippen molar-refractivity contribution in [2.24, 2.45) is 5.92 Å². The van der Waals surface area contributed by atoms with E-state index in [1.54, 1.807) is 4.80 Å². The van der Waals surface area contributed by atoms with Gasteiger partial charge >= 0.3 is 0 Å². The van der Waals surface area contributed by atoms with Gasteiger partial charge in [0.15, 0.2) is 11.6 Å². The third kappa shape index (κ3) is 10.1. The molecule has 3 nitrogen and oxygen atoms in total. The molecule has 1 unspecified atom stereocenters. The number of benzene rings is 1. The lowest BCUT2D eigenvalue weighted by Crippen LogP contribution is -2.13. The van der Waals surface area contributed by atoms with Crippen LogP contribution >= 0.6 is 0 Å². The highest BCUT2D eigenvalue weighted by Gasteiger charge is 2.14. The molecule has 0 aliphatic rings. The molecule has 176 valence electrons. The van der Waals surface area contributed by atoms with E-state index in [-0.39, 0.29) is 0 Å². The van der Waals surface area contributed by atoms with Crippen LogP contribution in [-0.4, -0.2) is 15.0 Å². The zero-order valence-electron chi connectivity index (χ0n) is 19.9. The van der Waals surface area contributed by atoms with E-state index in [2.05, 4.69) is 24.0 Å². The summed E-state index contributed by atoms with van der Waals surface area (Å²) in [7, 11) is 0. The Labute approximate surface area is 188 Å². The number of hydrogen-bond donors (Lipinski definition) is 0. The number of aromatic nitrogens is 3. The monoisotopic (exact) mass is 435 g/mol. The molecule has 0 amide bonds. The molecule has 5 heteroatoms. The fraction of sp³-hybridized carbons (Fsp3) is 0.769. The number of nitrogens with zero attached hydrogens (tertiary/aromatic N) is 3. The van der Waals surface area contributed by atoms with E-state index in [0.717, 1.165) is 18.7 Å². The second-order valence-corrected chi connectivity index (χ2v) is 9.20. The van der Waals surface area contributed by atoms with Gasteiger partial charge in [-0.05, 0) is 18.8 Å². The normalized spacial score (nSPS) is 12.6. The van der Waals surface area contributed by atoms with Gasteiger partial charge in [-0.15, -0.1) is 0 Å². The first kappa shape index (κ1) is 25.7. The maximum Gasteiger partial charge on any atom is 0.161 e. The Balaban J connectivity index is 1.81. The number of unbranched alkanes of at least 4 members (excludes halogenated alkanes) is 12. The van der Waals surface area contributed by atoms with Crippen LogP contribution in [0.15, 0.2) is 12.1 Å². The van der Waals surface area contributed by atoms with Crippen molar-refractivity contribution in [2.75, 3.05) is 0 Å². The molecule has 0 saturated heterocycles. The van der Waals surface area contributed by atoms with Crippen LogP contribution in [0.25, 0.3) is 11.0 Å². The maximum atomic E-state index is 13.5. The van der Waals surface area contributed by atoms with Crippen LogP contribution < -0.4 is 0 Å². The summed E-state index contributed by atoms with van der Waals surface area (Å²) in [5, 5.41) is 8.82. The van der Waals surface area contributed by atoms with Crippen molar-refractivity contribution < 1.29 is 8.78 Å². The van der Waals surface area contributed by atoms with E-state index in [4.69, 9.17) is 0 Å². The molecule has 1 aromatic heterocycles. The van der Waals surface area contributed by atoms with Crippen molar-refractivity contribution in [1.82, 2.24) is 15.0 Å². The lowest BCUT2D eigenvalue weighted by atomic mass is 9.94. The third-order valence-corrected chi connectivity index (χ3v) is 6.32. The summed E-state index contributed by atoms with van der Waals surface area (Å²) in [4.78, 5) is 1.66. The SMILES string of the molecule is CCCCCCCCCCC(CCCCCCCC)Cn1nc2cc(F)c(F)cc2n1. The molecule has 0 bridgehead atoms. The van der Waals surface area contributed by atoms with Crippen molar-refractivity contribution in [2.45, 2.75) is 123 Å². The van der Waals surface area contributed by atoms with Gasteiger partial charge in [-0.1, -0.05) is 104 Å². The summed E-state index contributed by atoms with van der Waals surface area (Å²) in [6, 6.07) is 2.30. The van der Waals surface area contributed by atoms with E-state index in [0.29, 0.717) is 17.0 Å². The van der Waals surface area contributed by atoms with Crippen molar-refractivity contribution in [1.29, 1.82) is 0 Å². The van der Waals surface area contributed by atoms with Crippen molar-refractivity contribution in [3.63, 3.8) is 0 Å². The van der Waals surface area contributed by atoms with Crippen LogP contribution in [0.3, 0.4) is 0 Å². The van der Waals surface area contributed by atoms with Gasteiger partial charge in [0.2, 0.25) is 0 Å². The lowest BCUT2D eigenvalue weighted by molar-refractivity contribution is 0.326. The van der Waals surface area contributed by atoms with Crippen LogP contribution in [0.5, 0.6) is 0 Å². The van der Waals surface area contributed by atoms with E-state index >= 15 is 0 Å². The summed E-state index contributed by atoms with van der Waals surface area (Å²) in [5.41, 5.74) is 0.869. The lowest BCUT2D eigenvalue weighted by Gasteiger charge is -2.16. The highest BCUT2D eigenvalue weighted by Crippen LogP contribution is 2.22. The largest absolute Gasteiger partial charge is 0.204 e. The molecule has 1 heterocycles. The Kier molecular flexibility index (Phi) is 12.7. The quantitative estimate of drug-likeness (QED) is 0.219. The Morgan fingerprint density at radius 1 is 0.645 bits per heavy atom. The highest BCUT2D eigenvalue weighted by atomic mass is 19.2. The smallest absolute Gasteiger partial charge is 0.161 e. The Hall–Kier alpha value is -1.52. The average Bonchev–Trinajstić information content (AvgIpc) is 3.13. The highest BCUT2D eigenvalue weighted by molar-refractivity contribution is 5.73. The zero-order chi connectivity index (χ0) is 22.3. The molecule has 0 aliphatic heterocycles. The van der Waals surface area contributed by atoms with Crippen LogP contribution in [0, 0.1) is 17.6 Å². The number of fused-ring (bicyclic) bond motifs is 1. The molecule has 2 rings (SSSR count). The van der Waals surface area contributed by atoms with Crippen LogP contribution in [0.1, 0.15) is 117 Å². The fourth-order valence-electron chi connectivity index (χ4n) is 4.38. The first-order valence-corrected chi connectivity index (χ1v) is 12.8. The third-order valence-electron chi connectivity index (χ3n) is 6.32. The second kappa shape index (κ2) is 15.3. The van der Waals surface area contributed by atoms with E-state index in [1.807, 2.05) is 0 Å². The minimum Gasteiger partial charge on any atom is -0.204 e. The molecule has 0 aliphatic carbocycles. The summed E-state index contributed by atoms with van der Waals surface area (Å²) in [6.45, 7) is 5.25.